The van der Waals surface area contributed by atoms with Crippen LogP contribution in [-0.4, -0.2) is 45.6 Å². The topological polar surface area (TPSA) is 63.0 Å². The summed E-state index contributed by atoms with van der Waals surface area (Å²) >= 11 is 0. The van der Waals surface area contributed by atoms with E-state index in [-0.39, 0.29) is 5.56 Å². The Labute approximate surface area is 171 Å². The van der Waals surface area contributed by atoms with E-state index in [1.165, 1.54) is 32.1 Å². The molecule has 1 saturated carbocycles. The number of likely N-dealkylation sites (N-methyl/N-ethyl adjacent to an activating group) is 1. The first-order chi connectivity index (χ1) is 14.2. The first-order valence-electron chi connectivity index (χ1n) is 10.5. The number of pyridine rings is 1. The van der Waals surface area contributed by atoms with E-state index in [4.69, 9.17) is 0 Å². The Bertz CT molecular complexity index is 995. The lowest BCUT2D eigenvalue weighted by Gasteiger charge is -2.31. The molecule has 0 spiro atoms. The van der Waals surface area contributed by atoms with Gasteiger partial charge in [0, 0.05) is 25.3 Å². The number of aromatic nitrogens is 3. The smallest absolute Gasteiger partial charge is 0.294 e. The molecule has 6 heteroatoms. The van der Waals surface area contributed by atoms with Crippen LogP contribution in [0.1, 0.15) is 37.7 Å². The molecule has 1 aliphatic rings. The van der Waals surface area contributed by atoms with Gasteiger partial charge in [-0.25, -0.2) is 4.98 Å². The summed E-state index contributed by atoms with van der Waals surface area (Å²) in [6, 6.07) is 12.5. The van der Waals surface area contributed by atoms with Gasteiger partial charge in [0.25, 0.3) is 5.56 Å². The number of benzene rings is 1. The molecule has 0 bridgehead atoms. The third kappa shape index (κ3) is 4.65. The van der Waals surface area contributed by atoms with Gasteiger partial charge >= 0.3 is 0 Å². The number of fused-ring (bicyclic) bond motifs is 1. The van der Waals surface area contributed by atoms with Gasteiger partial charge < -0.3 is 10.2 Å². The van der Waals surface area contributed by atoms with E-state index >= 15 is 0 Å². The van der Waals surface area contributed by atoms with Crippen LogP contribution >= 0.6 is 0 Å². The lowest BCUT2D eigenvalue weighted by molar-refractivity contribution is 0.198. The fraction of sp³-hybridized carbons (Fsp3) is 0.435. The molecule has 0 unspecified atom stereocenters. The Morgan fingerprint density at radius 3 is 2.72 bits per heavy atom. The molecule has 0 amide bonds. The summed E-state index contributed by atoms with van der Waals surface area (Å²) in [6.45, 7) is 2.11. The molecule has 1 fully saturated rings. The van der Waals surface area contributed by atoms with Gasteiger partial charge in [0.1, 0.15) is 0 Å². The van der Waals surface area contributed by atoms with Crippen LogP contribution in [0.3, 0.4) is 0 Å². The summed E-state index contributed by atoms with van der Waals surface area (Å²) in [5, 5.41) is 3.29. The van der Waals surface area contributed by atoms with E-state index in [0.717, 1.165) is 23.1 Å². The van der Waals surface area contributed by atoms with Gasteiger partial charge in [0.2, 0.25) is 0 Å². The van der Waals surface area contributed by atoms with E-state index in [0.29, 0.717) is 24.9 Å². The number of hydrogen-bond acceptors (Lipinski definition) is 5. The molecule has 0 aliphatic heterocycles. The van der Waals surface area contributed by atoms with E-state index in [2.05, 4.69) is 27.2 Å². The van der Waals surface area contributed by atoms with Gasteiger partial charge in [-0.1, -0.05) is 49.6 Å². The van der Waals surface area contributed by atoms with Gasteiger partial charge in [-0.15, -0.1) is 0 Å². The molecule has 152 valence electrons. The second-order valence-corrected chi connectivity index (χ2v) is 7.90. The van der Waals surface area contributed by atoms with Crippen molar-refractivity contribution in [2.24, 2.45) is 0 Å². The summed E-state index contributed by atoms with van der Waals surface area (Å²) in [7, 11) is 2.19. The van der Waals surface area contributed by atoms with E-state index in [1.54, 1.807) is 17.0 Å². The molecular formula is C23H29N5O. The molecule has 1 aliphatic carbocycles. The minimum Gasteiger partial charge on any atom is -0.364 e. The molecule has 1 N–H and O–H groups in total. The SMILES string of the molecule is CN(CCNc1nc2ccncc2n(Cc2ccccc2)c1=O)C1CCCCC1. The fourth-order valence-corrected chi connectivity index (χ4v) is 4.18. The molecule has 2 aromatic heterocycles. The van der Waals surface area contributed by atoms with Crippen molar-refractivity contribution in [3.05, 3.63) is 64.7 Å². The number of hydrogen-bond donors (Lipinski definition) is 1. The Morgan fingerprint density at radius 2 is 1.93 bits per heavy atom. The van der Waals surface area contributed by atoms with Crippen LogP contribution in [0.4, 0.5) is 5.82 Å². The molecule has 3 aromatic rings. The fourth-order valence-electron chi connectivity index (χ4n) is 4.18. The Morgan fingerprint density at radius 1 is 1.14 bits per heavy atom. The summed E-state index contributed by atoms with van der Waals surface area (Å²) in [5.41, 5.74) is 2.51. The van der Waals surface area contributed by atoms with Gasteiger partial charge in [0.15, 0.2) is 5.82 Å². The summed E-state index contributed by atoms with van der Waals surface area (Å²) in [6.07, 6.45) is 10.0. The van der Waals surface area contributed by atoms with Crippen molar-refractivity contribution in [1.82, 2.24) is 19.4 Å². The standard InChI is InChI=1S/C23H29N5O/c1-27(19-10-6-3-7-11-19)15-14-25-22-23(29)28(17-18-8-4-2-5-9-18)21-16-24-13-12-20(21)26-22/h2,4-5,8-9,12-13,16,19H,3,6-7,10-11,14-15,17H2,1H3,(H,25,26). The number of nitrogens with zero attached hydrogens (tertiary/aromatic N) is 4. The molecule has 0 atom stereocenters. The summed E-state index contributed by atoms with van der Waals surface area (Å²) < 4.78 is 1.76. The monoisotopic (exact) mass is 391 g/mol. The van der Waals surface area contributed by atoms with E-state index in [1.807, 2.05) is 36.4 Å². The number of rotatable bonds is 7. The molecule has 29 heavy (non-hydrogen) atoms. The average molecular weight is 392 g/mol. The Kier molecular flexibility index (Phi) is 6.20. The van der Waals surface area contributed by atoms with Crippen LogP contribution in [0, 0.1) is 0 Å². The minimum absolute atomic E-state index is 0.102. The predicted octanol–water partition coefficient (Wildman–Crippen LogP) is 3.52. The highest BCUT2D eigenvalue weighted by molar-refractivity contribution is 5.75. The van der Waals surface area contributed by atoms with Crippen molar-refractivity contribution < 1.29 is 0 Å². The van der Waals surface area contributed by atoms with Gasteiger partial charge in [-0.05, 0) is 31.5 Å². The van der Waals surface area contributed by atoms with Crippen molar-refractivity contribution in [3.63, 3.8) is 0 Å². The van der Waals surface area contributed by atoms with Crippen LogP contribution in [0.15, 0.2) is 53.6 Å². The van der Waals surface area contributed by atoms with Crippen molar-refractivity contribution in [1.29, 1.82) is 0 Å². The molecule has 6 nitrogen and oxygen atoms in total. The zero-order valence-electron chi connectivity index (χ0n) is 17.1. The van der Waals surface area contributed by atoms with Crippen molar-refractivity contribution >= 4 is 16.9 Å². The lowest BCUT2D eigenvalue weighted by Crippen LogP contribution is -2.37. The van der Waals surface area contributed by atoms with Crippen LogP contribution in [0.2, 0.25) is 0 Å². The molecule has 2 heterocycles. The minimum atomic E-state index is -0.102. The highest BCUT2D eigenvalue weighted by atomic mass is 16.1. The summed E-state index contributed by atoms with van der Waals surface area (Å²) in [5.74, 6) is 0.414. The maximum atomic E-state index is 13.2. The maximum absolute atomic E-state index is 13.2. The van der Waals surface area contributed by atoms with Crippen LogP contribution in [0.25, 0.3) is 11.0 Å². The second kappa shape index (κ2) is 9.18. The Hall–Kier alpha value is -2.73. The zero-order chi connectivity index (χ0) is 20.1. The first-order valence-corrected chi connectivity index (χ1v) is 10.5. The van der Waals surface area contributed by atoms with Crippen LogP contribution in [-0.2, 0) is 6.54 Å². The van der Waals surface area contributed by atoms with Crippen LogP contribution in [0.5, 0.6) is 0 Å². The zero-order valence-corrected chi connectivity index (χ0v) is 17.1. The predicted molar refractivity (Wildman–Crippen MR) is 117 cm³/mol. The number of nitrogens with one attached hydrogen (secondary N) is 1. The number of anilines is 1. The highest BCUT2D eigenvalue weighted by Crippen LogP contribution is 2.21. The average Bonchev–Trinajstić information content (AvgIpc) is 2.77. The van der Waals surface area contributed by atoms with E-state index in [9.17, 15) is 4.79 Å². The van der Waals surface area contributed by atoms with Gasteiger partial charge in [-0.3, -0.25) is 14.3 Å². The van der Waals surface area contributed by atoms with Crippen molar-refractivity contribution in [2.45, 2.75) is 44.7 Å². The highest BCUT2D eigenvalue weighted by Gasteiger charge is 2.18. The lowest BCUT2D eigenvalue weighted by atomic mass is 9.94. The normalized spacial score (nSPS) is 15.1. The van der Waals surface area contributed by atoms with Crippen LogP contribution < -0.4 is 10.9 Å². The molecule has 0 saturated heterocycles. The first kappa shape index (κ1) is 19.6. The molecule has 4 rings (SSSR count). The van der Waals surface area contributed by atoms with Gasteiger partial charge in [0.05, 0.1) is 23.8 Å². The quantitative estimate of drug-likeness (QED) is 0.668. The van der Waals surface area contributed by atoms with Crippen molar-refractivity contribution in [3.8, 4) is 0 Å². The third-order valence-electron chi connectivity index (χ3n) is 5.89. The maximum Gasteiger partial charge on any atom is 0.294 e. The third-order valence-corrected chi connectivity index (χ3v) is 5.89. The molecule has 0 radical (unpaired) electrons. The van der Waals surface area contributed by atoms with Gasteiger partial charge in [-0.2, -0.15) is 0 Å². The largest absolute Gasteiger partial charge is 0.364 e. The summed E-state index contributed by atoms with van der Waals surface area (Å²) in [4.78, 5) is 24.4. The molecular weight excluding hydrogens is 362 g/mol. The molecule has 1 aromatic carbocycles. The van der Waals surface area contributed by atoms with Crippen molar-refractivity contribution in [2.75, 3.05) is 25.5 Å². The van der Waals surface area contributed by atoms with E-state index < -0.39 is 0 Å². The Balaban J connectivity index is 1.53. The second-order valence-electron chi connectivity index (χ2n) is 7.90.